The molecule has 0 saturated carbocycles. The molecule has 0 aliphatic rings. The standard InChI is InChI=1S/C11H24O6Si.C9H22O6Si/c1-5-18(15-9-6-12-2,16-10-7-13-3)17-11-8-14-4;1-10-4-7-13-16(14-8-5-11-2)15-9-6-12-3/h5H,1,6-11H2,2-4H3;16H,4-9H2,1-3H3. The van der Waals surface area contributed by atoms with Gasteiger partial charge in [-0.05, 0) is 5.70 Å². The first-order valence-electron chi connectivity index (χ1n) is 10.9. The summed E-state index contributed by atoms with van der Waals surface area (Å²) in [6, 6.07) is 0. The SMILES string of the molecule is C=C[Si](OCCOC)(OCCOC)OCCOC.COCCO[SiH](OCCOC)OCCOC. The van der Waals surface area contributed by atoms with Crippen LogP contribution in [0.4, 0.5) is 0 Å². The van der Waals surface area contributed by atoms with Crippen LogP contribution in [0.3, 0.4) is 0 Å². The van der Waals surface area contributed by atoms with Crippen molar-refractivity contribution in [2.24, 2.45) is 0 Å². The zero-order valence-electron chi connectivity index (χ0n) is 21.7. The van der Waals surface area contributed by atoms with Crippen LogP contribution < -0.4 is 0 Å². The normalized spacial score (nSPS) is 11.5. The van der Waals surface area contributed by atoms with Gasteiger partial charge in [-0.1, -0.05) is 6.58 Å². The van der Waals surface area contributed by atoms with Gasteiger partial charge in [0.1, 0.15) is 0 Å². The van der Waals surface area contributed by atoms with Gasteiger partial charge in [-0.15, -0.1) is 0 Å². The van der Waals surface area contributed by atoms with E-state index in [4.69, 9.17) is 55.0 Å². The molecule has 0 aromatic heterocycles. The number of rotatable bonds is 25. The van der Waals surface area contributed by atoms with E-state index >= 15 is 0 Å². The molecule has 0 fully saturated rings. The second kappa shape index (κ2) is 28.9. The molecule has 0 unspecified atom stereocenters. The quantitative estimate of drug-likeness (QED) is 0.119. The minimum atomic E-state index is -2.86. The zero-order chi connectivity index (χ0) is 25.8. The zero-order valence-corrected chi connectivity index (χ0v) is 23.9. The summed E-state index contributed by atoms with van der Waals surface area (Å²) in [4.78, 5) is 0. The monoisotopic (exact) mass is 534 g/mol. The fourth-order valence-electron chi connectivity index (χ4n) is 1.93. The van der Waals surface area contributed by atoms with Crippen molar-refractivity contribution in [3.8, 4) is 0 Å². The Hall–Kier alpha value is -0.306. The van der Waals surface area contributed by atoms with Crippen molar-refractivity contribution >= 4 is 18.3 Å². The van der Waals surface area contributed by atoms with Crippen LogP contribution in [0.1, 0.15) is 0 Å². The summed E-state index contributed by atoms with van der Waals surface area (Å²) in [7, 11) is 4.77. The van der Waals surface area contributed by atoms with Gasteiger partial charge in [-0.2, -0.15) is 0 Å². The van der Waals surface area contributed by atoms with E-state index in [1.54, 1.807) is 48.4 Å². The van der Waals surface area contributed by atoms with Gasteiger partial charge in [0.15, 0.2) is 0 Å². The molecule has 0 aliphatic heterocycles. The molecule has 0 aromatic carbocycles. The highest BCUT2D eigenvalue weighted by molar-refractivity contribution is 6.66. The molecule has 0 aliphatic carbocycles. The lowest BCUT2D eigenvalue weighted by molar-refractivity contribution is 0.0232. The highest BCUT2D eigenvalue weighted by Gasteiger charge is 2.37. The maximum atomic E-state index is 5.65. The highest BCUT2D eigenvalue weighted by atomic mass is 28.4. The van der Waals surface area contributed by atoms with Gasteiger partial charge < -0.3 is 55.0 Å². The van der Waals surface area contributed by atoms with E-state index in [0.717, 1.165) is 0 Å². The Bertz CT molecular complexity index is 359. The van der Waals surface area contributed by atoms with Crippen molar-refractivity contribution < 1.29 is 55.0 Å². The predicted octanol–water partition coefficient (Wildman–Crippen LogP) is 0.332. The minimum Gasteiger partial charge on any atom is -0.382 e. The summed E-state index contributed by atoms with van der Waals surface area (Å²) in [5.41, 5.74) is 1.61. The van der Waals surface area contributed by atoms with Crippen LogP contribution in [0.25, 0.3) is 0 Å². The fourth-order valence-corrected chi connectivity index (χ4v) is 4.79. The summed E-state index contributed by atoms with van der Waals surface area (Å²) in [5.74, 6) is 0. The third kappa shape index (κ3) is 23.4. The van der Waals surface area contributed by atoms with E-state index in [1.165, 1.54) is 0 Å². The largest absolute Gasteiger partial charge is 0.529 e. The van der Waals surface area contributed by atoms with Crippen LogP contribution in [-0.4, -0.2) is 140 Å². The van der Waals surface area contributed by atoms with E-state index in [9.17, 15) is 0 Å². The molecule has 0 heterocycles. The second-order valence-electron chi connectivity index (χ2n) is 6.21. The first kappa shape index (κ1) is 35.9. The van der Waals surface area contributed by atoms with Gasteiger partial charge in [0.05, 0.1) is 79.3 Å². The number of methoxy groups -OCH3 is 6. The average Bonchev–Trinajstić information content (AvgIpc) is 2.84. The molecule has 0 spiro atoms. The third-order valence-corrected chi connectivity index (χ3v) is 7.49. The Labute approximate surface area is 207 Å². The van der Waals surface area contributed by atoms with E-state index in [-0.39, 0.29) is 0 Å². The van der Waals surface area contributed by atoms with Crippen molar-refractivity contribution in [1.82, 2.24) is 0 Å². The number of hydrogen-bond acceptors (Lipinski definition) is 12. The Morgan fingerprint density at radius 1 is 0.471 bits per heavy atom. The van der Waals surface area contributed by atoms with Crippen molar-refractivity contribution in [3.63, 3.8) is 0 Å². The van der Waals surface area contributed by atoms with Gasteiger partial charge in [0, 0.05) is 42.7 Å². The third-order valence-electron chi connectivity index (χ3n) is 3.65. The average molecular weight is 535 g/mol. The van der Waals surface area contributed by atoms with Gasteiger partial charge >= 0.3 is 18.3 Å². The second-order valence-corrected chi connectivity index (χ2v) is 10.3. The molecule has 0 saturated heterocycles. The van der Waals surface area contributed by atoms with Gasteiger partial charge in [-0.25, -0.2) is 0 Å². The molecule has 206 valence electrons. The molecule has 0 aromatic rings. The lowest BCUT2D eigenvalue weighted by atomic mass is 10.8. The van der Waals surface area contributed by atoms with Crippen molar-refractivity contribution in [3.05, 3.63) is 12.3 Å². The van der Waals surface area contributed by atoms with E-state index in [0.29, 0.717) is 79.3 Å². The molecular weight excluding hydrogens is 488 g/mol. The van der Waals surface area contributed by atoms with Crippen molar-refractivity contribution in [1.29, 1.82) is 0 Å². The first-order valence-corrected chi connectivity index (χ1v) is 14.1. The van der Waals surface area contributed by atoms with Crippen LogP contribution in [0.15, 0.2) is 12.3 Å². The van der Waals surface area contributed by atoms with Gasteiger partial charge in [-0.3, -0.25) is 0 Å². The lowest BCUT2D eigenvalue weighted by Gasteiger charge is -2.26. The van der Waals surface area contributed by atoms with E-state index in [2.05, 4.69) is 6.58 Å². The topological polar surface area (TPSA) is 111 Å². The predicted molar refractivity (Wildman–Crippen MR) is 130 cm³/mol. The molecule has 14 heteroatoms. The molecular formula is C20H46O12Si2. The first-order chi connectivity index (χ1) is 16.6. The maximum Gasteiger partial charge on any atom is 0.529 e. The maximum absolute atomic E-state index is 5.65. The molecule has 0 N–H and O–H groups in total. The smallest absolute Gasteiger partial charge is 0.382 e. The summed E-state index contributed by atoms with van der Waals surface area (Å²) in [5, 5.41) is 0. The van der Waals surface area contributed by atoms with Gasteiger partial charge in [0.2, 0.25) is 0 Å². The molecule has 0 radical (unpaired) electrons. The Morgan fingerprint density at radius 3 is 0.971 bits per heavy atom. The molecule has 0 amide bonds. The fraction of sp³-hybridized carbons (Fsp3) is 0.900. The van der Waals surface area contributed by atoms with Crippen LogP contribution in [0, 0.1) is 0 Å². The summed E-state index contributed by atoms with van der Waals surface area (Å²) in [6.45, 7) is 9.39. The van der Waals surface area contributed by atoms with Crippen molar-refractivity contribution in [2.45, 2.75) is 0 Å². The Morgan fingerprint density at radius 2 is 0.735 bits per heavy atom. The summed E-state index contributed by atoms with van der Waals surface area (Å²) >= 11 is 0. The minimum absolute atomic E-state index is 0.398. The summed E-state index contributed by atoms with van der Waals surface area (Å²) in [6.07, 6.45) is 0. The molecule has 12 nitrogen and oxygen atoms in total. The lowest BCUT2D eigenvalue weighted by Crippen LogP contribution is -2.46. The van der Waals surface area contributed by atoms with Crippen LogP contribution in [-0.2, 0) is 55.0 Å². The Kier molecular flexibility index (Phi) is 30.5. The van der Waals surface area contributed by atoms with Gasteiger partial charge in [0.25, 0.3) is 0 Å². The van der Waals surface area contributed by atoms with E-state index in [1.807, 2.05) is 0 Å². The molecule has 0 atom stereocenters. The van der Waals surface area contributed by atoms with Crippen LogP contribution in [0.5, 0.6) is 0 Å². The van der Waals surface area contributed by atoms with Crippen molar-refractivity contribution in [2.75, 3.05) is 122 Å². The van der Waals surface area contributed by atoms with Crippen LogP contribution >= 0.6 is 0 Å². The molecule has 0 rings (SSSR count). The van der Waals surface area contributed by atoms with E-state index < -0.39 is 18.3 Å². The Balaban J connectivity index is 0. The summed E-state index contributed by atoms with van der Waals surface area (Å²) < 4.78 is 62.7. The number of hydrogen-bond donors (Lipinski definition) is 0. The number of ether oxygens (including phenoxy) is 6. The molecule has 0 bridgehead atoms. The van der Waals surface area contributed by atoms with Crippen LogP contribution in [0.2, 0.25) is 0 Å². The highest BCUT2D eigenvalue weighted by Crippen LogP contribution is 2.11. The molecule has 34 heavy (non-hydrogen) atoms.